The highest BCUT2D eigenvalue weighted by Crippen LogP contribution is 2.34. The SMILES string of the molecule is C#CCOc1ccc(C(=O)OCC(COc2ccc(C(C)(C)c3ccc(OCC(COC(=O)c4ccc(OCC#C)c(OCC#C)c4)OC(=O)CCCCCNC(C)=O)cc3)cc2)OC(=O)CCCCCNC(C)=O)cc1OCC#C. The molecule has 18 nitrogen and oxygen atoms in total. The first-order chi connectivity index (χ1) is 39.1. The Bertz CT molecular complexity index is 2680. The van der Waals surface area contributed by atoms with E-state index in [1.807, 2.05) is 24.3 Å². The van der Waals surface area contributed by atoms with Gasteiger partial charge in [-0.1, -0.05) is 74.6 Å². The van der Waals surface area contributed by atoms with Crippen molar-refractivity contribution in [3.8, 4) is 83.9 Å². The highest BCUT2D eigenvalue weighted by atomic mass is 16.6. The van der Waals surface area contributed by atoms with E-state index in [4.69, 9.17) is 73.1 Å². The lowest BCUT2D eigenvalue weighted by Crippen LogP contribution is -2.31. The van der Waals surface area contributed by atoms with Crippen LogP contribution in [-0.2, 0) is 43.5 Å². The monoisotopic (exact) mass is 1110 g/mol. The molecule has 0 aliphatic rings. The third-order valence-electron chi connectivity index (χ3n) is 11.9. The van der Waals surface area contributed by atoms with Gasteiger partial charge in [0.2, 0.25) is 11.8 Å². The zero-order chi connectivity index (χ0) is 58.8. The summed E-state index contributed by atoms with van der Waals surface area (Å²) >= 11 is 0. The molecule has 4 rings (SSSR count). The fourth-order valence-corrected chi connectivity index (χ4v) is 7.59. The number of hydrogen-bond donors (Lipinski definition) is 2. The number of unbranched alkanes of at least 4 members (excludes halogenated alkanes) is 4. The molecule has 0 saturated heterocycles. The lowest BCUT2D eigenvalue weighted by atomic mass is 9.78. The molecule has 2 atom stereocenters. The molecule has 0 heterocycles. The summed E-state index contributed by atoms with van der Waals surface area (Å²) in [5.74, 6) is 8.62. The molecule has 2 N–H and O–H groups in total. The molecule has 0 radical (unpaired) electrons. The second-order valence-corrected chi connectivity index (χ2v) is 18.6. The minimum absolute atomic E-state index is 0.0369. The van der Waals surface area contributed by atoms with E-state index in [-0.39, 0.29) is 112 Å². The van der Waals surface area contributed by atoms with E-state index >= 15 is 0 Å². The second-order valence-electron chi connectivity index (χ2n) is 18.6. The van der Waals surface area contributed by atoms with E-state index in [0.29, 0.717) is 63.1 Å². The van der Waals surface area contributed by atoms with Crippen LogP contribution in [0, 0.1) is 49.4 Å². The minimum Gasteiger partial charge on any atom is -0.490 e. The lowest BCUT2D eigenvalue weighted by molar-refractivity contribution is -0.154. The van der Waals surface area contributed by atoms with Gasteiger partial charge in [0.05, 0.1) is 11.1 Å². The first kappa shape index (κ1) is 64.3. The molecule has 0 aliphatic carbocycles. The van der Waals surface area contributed by atoms with E-state index in [1.165, 1.54) is 50.2 Å². The van der Waals surface area contributed by atoms with Crippen LogP contribution in [-0.4, -0.2) is 114 Å². The number of carbonyl (C=O) groups excluding carboxylic acids is 6. The summed E-state index contributed by atoms with van der Waals surface area (Å²) in [6.45, 7) is 6.77. The molecule has 428 valence electrons. The maximum absolute atomic E-state index is 13.3. The van der Waals surface area contributed by atoms with Gasteiger partial charge in [0.25, 0.3) is 0 Å². The van der Waals surface area contributed by atoms with Crippen molar-refractivity contribution in [3.05, 3.63) is 107 Å². The lowest BCUT2D eigenvalue weighted by Gasteiger charge is -2.27. The zero-order valence-electron chi connectivity index (χ0n) is 46.3. The van der Waals surface area contributed by atoms with Gasteiger partial charge in [-0.25, -0.2) is 9.59 Å². The predicted molar refractivity (Wildman–Crippen MR) is 301 cm³/mol. The Labute approximate surface area is 474 Å². The summed E-state index contributed by atoms with van der Waals surface area (Å²) < 4.78 is 57.1. The number of amides is 2. The fraction of sp³-hybridized carbons (Fsp3) is 0.397. The van der Waals surface area contributed by atoms with Crippen LogP contribution in [0.1, 0.15) is 111 Å². The Kier molecular flexibility index (Phi) is 28.0. The molecule has 0 aromatic heterocycles. The number of esters is 4. The number of rotatable bonds is 36. The number of nitrogens with one attached hydrogen (secondary N) is 2. The normalized spacial score (nSPS) is 11.3. The molecule has 81 heavy (non-hydrogen) atoms. The van der Waals surface area contributed by atoms with Crippen LogP contribution in [0.4, 0.5) is 0 Å². The Hall–Kier alpha value is -9.26. The number of carbonyl (C=O) groups is 6. The molecule has 18 heteroatoms. The third-order valence-corrected chi connectivity index (χ3v) is 11.9. The van der Waals surface area contributed by atoms with Gasteiger partial charge in [0.1, 0.15) is 64.4 Å². The zero-order valence-corrected chi connectivity index (χ0v) is 46.3. The van der Waals surface area contributed by atoms with Gasteiger partial charge in [-0.15, -0.1) is 25.7 Å². The van der Waals surface area contributed by atoms with Crippen LogP contribution >= 0.6 is 0 Å². The Morgan fingerprint density at radius 3 is 1.16 bits per heavy atom. The number of terminal acetylenes is 4. The van der Waals surface area contributed by atoms with Gasteiger partial charge in [0, 0.05) is 45.2 Å². The van der Waals surface area contributed by atoms with Gasteiger partial charge in [-0.05, 0) is 97.5 Å². The fourth-order valence-electron chi connectivity index (χ4n) is 7.59. The number of hydrogen-bond acceptors (Lipinski definition) is 16. The quantitative estimate of drug-likeness (QED) is 0.0193. The van der Waals surface area contributed by atoms with Crippen molar-refractivity contribution in [1.82, 2.24) is 10.6 Å². The van der Waals surface area contributed by atoms with Crippen LogP contribution < -0.4 is 39.1 Å². The van der Waals surface area contributed by atoms with Gasteiger partial charge < -0.3 is 58.0 Å². The Morgan fingerprint density at radius 1 is 0.457 bits per heavy atom. The van der Waals surface area contributed by atoms with Crippen LogP contribution in [0.5, 0.6) is 34.5 Å². The molecule has 0 aliphatic heterocycles. The van der Waals surface area contributed by atoms with Crippen molar-refractivity contribution < 1.29 is 76.1 Å². The van der Waals surface area contributed by atoms with Gasteiger partial charge in [-0.3, -0.25) is 19.2 Å². The highest BCUT2D eigenvalue weighted by molar-refractivity contribution is 5.91. The summed E-state index contributed by atoms with van der Waals surface area (Å²) in [6, 6.07) is 23.6. The van der Waals surface area contributed by atoms with E-state index in [2.05, 4.69) is 48.2 Å². The molecule has 0 fully saturated rings. The van der Waals surface area contributed by atoms with Crippen LogP contribution in [0.15, 0.2) is 84.9 Å². The van der Waals surface area contributed by atoms with Crippen molar-refractivity contribution in [2.45, 2.75) is 96.7 Å². The standard InChI is InChI=1S/C63H70N2O16/c1-9-35-72-55-31-21-47(39-57(55)74-37-11-3)61(70)78-43-53(80-59(68)19-15-13-17-33-64-45(5)66)41-76-51-27-23-49(24-28-51)63(7,8)50-25-29-52(30-26-50)77-42-54(81-60(69)20-16-14-18-34-65-46(6)67)44-79-62(71)48-22-32-56(73-36-10-2)58(40-48)75-38-12-4/h1-4,21-32,39-40,53-54H,13-20,33-38,41-44H2,5-8H3,(H,64,66)(H,65,67). The molecule has 0 saturated carbocycles. The smallest absolute Gasteiger partial charge is 0.338 e. The molecular formula is C63H70N2O16. The van der Waals surface area contributed by atoms with Crippen molar-refractivity contribution in [1.29, 1.82) is 0 Å². The molecule has 0 bridgehead atoms. The molecule has 2 unspecified atom stereocenters. The average Bonchev–Trinajstić information content (AvgIpc) is 3.56. The molecule has 4 aromatic rings. The highest BCUT2D eigenvalue weighted by Gasteiger charge is 2.26. The summed E-state index contributed by atoms with van der Waals surface area (Å²) in [6.07, 6.45) is 23.4. The van der Waals surface area contributed by atoms with Crippen molar-refractivity contribution in [2.24, 2.45) is 0 Å². The molecule has 2 amide bonds. The molecule has 4 aromatic carbocycles. The average molecular weight is 1110 g/mol. The summed E-state index contributed by atoms with van der Waals surface area (Å²) in [5.41, 5.74) is 1.61. The third kappa shape index (κ3) is 23.7. The van der Waals surface area contributed by atoms with E-state index < -0.39 is 41.5 Å². The first-order valence-corrected chi connectivity index (χ1v) is 26.3. The largest absolute Gasteiger partial charge is 0.490 e. The number of benzene rings is 4. The minimum atomic E-state index is -0.985. The van der Waals surface area contributed by atoms with E-state index in [9.17, 15) is 28.8 Å². The van der Waals surface area contributed by atoms with E-state index in [1.54, 1.807) is 24.3 Å². The van der Waals surface area contributed by atoms with E-state index in [0.717, 1.165) is 11.1 Å². The van der Waals surface area contributed by atoms with Crippen molar-refractivity contribution in [3.63, 3.8) is 0 Å². The first-order valence-electron chi connectivity index (χ1n) is 26.3. The second kappa shape index (κ2) is 35.3. The van der Waals surface area contributed by atoms with Gasteiger partial charge in [0.15, 0.2) is 35.2 Å². The maximum Gasteiger partial charge on any atom is 0.338 e. The molecule has 0 spiro atoms. The molecular weight excluding hydrogens is 1040 g/mol. The van der Waals surface area contributed by atoms with Gasteiger partial charge >= 0.3 is 23.9 Å². The van der Waals surface area contributed by atoms with Crippen molar-refractivity contribution >= 4 is 35.7 Å². The maximum atomic E-state index is 13.3. The Balaban J connectivity index is 1.41. The van der Waals surface area contributed by atoms with Gasteiger partial charge in [-0.2, -0.15) is 0 Å². The summed E-state index contributed by atoms with van der Waals surface area (Å²) in [4.78, 5) is 75.0. The Morgan fingerprint density at radius 2 is 0.815 bits per heavy atom. The summed E-state index contributed by atoms with van der Waals surface area (Å²) in [7, 11) is 0. The topological polar surface area (TPSA) is 219 Å². The van der Waals surface area contributed by atoms with Crippen LogP contribution in [0.2, 0.25) is 0 Å². The van der Waals surface area contributed by atoms with Crippen LogP contribution in [0.3, 0.4) is 0 Å². The number of ether oxygens (including phenoxy) is 10. The summed E-state index contributed by atoms with van der Waals surface area (Å²) in [5, 5.41) is 5.46. The van der Waals surface area contributed by atoms with Crippen LogP contribution in [0.25, 0.3) is 0 Å². The van der Waals surface area contributed by atoms with Crippen molar-refractivity contribution in [2.75, 3.05) is 65.9 Å². The predicted octanol–water partition coefficient (Wildman–Crippen LogP) is 7.75.